The molecule has 2 aromatic carbocycles. The highest BCUT2D eigenvalue weighted by Crippen LogP contribution is 2.22. The molecule has 106 valence electrons. The van der Waals surface area contributed by atoms with E-state index in [0.29, 0.717) is 4.90 Å². The second-order valence-electron chi connectivity index (χ2n) is 5.01. The summed E-state index contributed by atoms with van der Waals surface area (Å²) in [5, 5.41) is 0. The molecule has 1 unspecified atom stereocenters. The van der Waals surface area contributed by atoms with Gasteiger partial charge < -0.3 is 5.73 Å². The summed E-state index contributed by atoms with van der Waals surface area (Å²) < 4.78 is 24.9. The summed E-state index contributed by atoms with van der Waals surface area (Å²) in [6.07, 6.45) is 0. The summed E-state index contributed by atoms with van der Waals surface area (Å²) in [6.45, 7) is 3.74. The molecule has 0 radical (unpaired) electrons. The topological polar surface area (TPSA) is 60.2 Å². The summed E-state index contributed by atoms with van der Waals surface area (Å²) in [7, 11) is -3.38. The Morgan fingerprint density at radius 2 is 1.50 bits per heavy atom. The molecular formula is C16H19NO2S. The molecule has 0 aliphatic heterocycles. The molecule has 0 fully saturated rings. The fourth-order valence-corrected chi connectivity index (χ4v) is 4.00. The molecule has 0 spiro atoms. The van der Waals surface area contributed by atoms with Gasteiger partial charge in [0.15, 0.2) is 9.84 Å². The number of nitrogens with two attached hydrogens (primary N) is 1. The Morgan fingerprint density at radius 1 is 0.950 bits per heavy atom. The number of hydrogen-bond donors (Lipinski definition) is 1. The third kappa shape index (κ3) is 3.08. The molecule has 0 bridgehead atoms. The van der Waals surface area contributed by atoms with E-state index in [2.05, 4.69) is 0 Å². The molecule has 0 aliphatic rings. The first-order chi connectivity index (χ1) is 9.42. The molecule has 3 nitrogen and oxygen atoms in total. The van der Waals surface area contributed by atoms with Crippen LogP contribution < -0.4 is 5.73 Å². The van der Waals surface area contributed by atoms with Crippen molar-refractivity contribution in [2.45, 2.75) is 24.8 Å². The first-order valence-corrected chi connectivity index (χ1v) is 8.16. The molecule has 0 aliphatic carbocycles. The zero-order chi connectivity index (χ0) is 14.8. The predicted molar refractivity (Wildman–Crippen MR) is 81.3 cm³/mol. The maximum Gasteiger partial charge on any atom is 0.180 e. The van der Waals surface area contributed by atoms with E-state index in [9.17, 15) is 8.42 Å². The van der Waals surface area contributed by atoms with Crippen LogP contribution in [0.3, 0.4) is 0 Å². The number of aryl methyl sites for hydroxylation is 2. The second kappa shape index (κ2) is 5.77. The maximum absolute atomic E-state index is 12.5. The summed E-state index contributed by atoms with van der Waals surface area (Å²) in [5.41, 5.74) is 8.74. The van der Waals surface area contributed by atoms with Gasteiger partial charge in [-0.05, 0) is 36.6 Å². The number of rotatable bonds is 4. The van der Waals surface area contributed by atoms with E-state index >= 15 is 0 Å². The van der Waals surface area contributed by atoms with Crippen LogP contribution in [-0.2, 0) is 9.84 Å². The highest BCUT2D eigenvalue weighted by atomic mass is 32.2. The molecule has 0 heterocycles. The van der Waals surface area contributed by atoms with Crippen molar-refractivity contribution in [2.24, 2.45) is 5.73 Å². The molecular weight excluding hydrogens is 270 g/mol. The average molecular weight is 289 g/mol. The standard InChI is InChI=1S/C16H19NO2S/c1-12-7-3-5-9-14(12)15(17)11-20(18,19)16-10-6-4-8-13(16)2/h3-10,15H,11,17H2,1-2H3. The van der Waals surface area contributed by atoms with Crippen LogP contribution in [0.5, 0.6) is 0 Å². The molecule has 1 atom stereocenters. The lowest BCUT2D eigenvalue weighted by molar-refractivity contribution is 0.588. The van der Waals surface area contributed by atoms with Gasteiger partial charge in [-0.25, -0.2) is 8.42 Å². The van der Waals surface area contributed by atoms with E-state index in [1.54, 1.807) is 25.1 Å². The van der Waals surface area contributed by atoms with Gasteiger partial charge in [-0.3, -0.25) is 0 Å². The van der Waals surface area contributed by atoms with Crippen molar-refractivity contribution >= 4 is 9.84 Å². The number of benzene rings is 2. The summed E-state index contributed by atoms with van der Waals surface area (Å²) in [4.78, 5) is 0.365. The van der Waals surface area contributed by atoms with Crippen molar-refractivity contribution in [1.82, 2.24) is 0 Å². The van der Waals surface area contributed by atoms with Crippen molar-refractivity contribution in [3.8, 4) is 0 Å². The quantitative estimate of drug-likeness (QED) is 0.941. The van der Waals surface area contributed by atoms with Gasteiger partial charge in [0, 0.05) is 6.04 Å². The monoisotopic (exact) mass is 289 g/mol. The Balaban J connectivity index is 2.30. The summed E-state index contributed by atoms with van der Waals surface area (Å²) >= 11 is 0. The van der Waals surface area contributed by atoms with E-state index in [-0.39, 0.29) is 5.75 Å². The third-order valence-electron chi connectivity index (χ3n) is 3.42. The van der Waals surface area contributed by atoms with E-state index in [1.807, 2.05) is 37.3 Å². The maximum atomic E-state index is 12.5. The fourth-order valence-electron chi connectivity index (χ4n) is 2.32. The van der Waals surface area contributed by atoms with Crippen LogP contribution in [0.25, 0.3) is 0 Å². The minimum Gasteiger partial charge on any atom is -0.323 e. The minimum atomic E-state index is -3.38. The highest BCUT2D eigenvalue weighted by Gasteiger charge is 2.22. The average Bonchev–Trinajstić information content (AvgIpc) is 2.38. The number of hydrogen-bond acceptors (Lipinski definition) is 3. The van der Waals surface area contributed by atoms with Crippen molar-refractivity contribution < 1.29 is 8.42 Å². The van der Waals surface area contributed by atoms with Gasteiger partial charge in [-0.2, -0.15) is 0 Å². The third-order valence-corrected chi connectivity index (χ3v) is 5.34. The minimum absolute atomic E-state index is 0.0806. The van der Waals surface area contributed by atoms with Crippen LogP contribution in [0.15, 0.2) is 53.4 Å². The van der Waals surface area contributed by atoms with Crippen molar-refractivity contribution in [2.75, 3.05) is 5.75 Å². The van der Waals surface area contributed by atoms with Gasteiger partial charge in [0.05, 0.1) is 10.6 Å². The lowest BCUT2D eigenvalue weighted by Crippen LogP contribution is -2.23. The SMILES string of the molecule is Cc1ccccc1C(N)CS(=O)(=O)c1ccccc1C. The van der Waals surface area contributed by atoms with Gasteiger partial charge >= 0.3 is 0 Å². The Kier molecular flexibility index (Phi) is 4.26. The zero-order valence-corrected chi connectivity index (χ0v) is 12.5. The van der Waals surface area contributed by atoms with Crippen LogP contribution in [0.2, 0.25) is 0 Å². The fraction of sp³-hybridized carbons (Fsp3) is 0.250. The molecule has 0 saturated heterocycles. The lowest BCUT2D eigenvalue weighted by atomic mass is 10.0. The molecule has 2 aromatic rings. The van der Waals surface area contributed by atoms with Crippen LogP contribution in [0.4, 0.5) is 0 Å². The van der Waals surface area contributed by atoms with Crippen molar-refractivity contribution in [3.63, 3.8) is 0 Å². The van der Waals surface area contributed by atoms with Crippen LogP contribution in [0, 0.1) is 13.8 Å². The van der Waals surface area contributed by atoms with Crippen molar-refractivity contribution in [3.05, 3.63) is 65.2 Å². The molecule has 2 rings (SSSR count). The van der Waals surface area contributed by atoms with Gasteiger partial charge in [0.2, 0.25) is 0 Å². The normalized spacial score (nSPS) is 13.2. The molecule has 4 heteroatoms. The van der Waals surface area contributed by atoms with E-state index in [1.165, 1.54) is 0 Å². The lowest BCUT2D eigenvalue weighted by Gasteiger charge is -2.15. The van der Waals surface area contributed by atoms with Crippen LogP contribution >= 0.6 is 0 Å². The number of sulfone groups is 1. The first-order valence-electron chi connectivity index (χ1n) is 6.51. The second-order valence-corrected chi connectivity index (χ2v) is 7.01. The molecule has 2 N–H and O–H groups in total. The molecule has 0 saturated carbocycles. The van der Waals surface area contributed by atoms with Gasteiger partial charge in [-0.15, -0.1) is 0 Å². The highest BCUT2D eigenvalue weighted by molar-refractivity contribution is 7.91. The van der Waals surface area contributed by atoms with E-state index < -0.39 is 15.9 Å². The predicted octanol–water partition coefficient (Wildman–Crippen LogP) is 2.78. The summed E-state index contributed by atoms with van der Waals surface area (Å²) in [6, 6.07) is 14.1. The van der Waals surface area contributed by atoms with E-state index in [0.717, 1.165) is 16.7 Å². The smallest absolute Gasteiger partial charge is 0.180 e. The Bertz CT molecular complexity index is 708. The zero-order valence-electron chi connectivity index (χ0n) is 11.7. The largest absolute Gasteiger partial charge is 0.323 e. The first kappa shape index (κ1) is 14.8. The molecule has 20 heavy (non-hydrogen) atoms. The Labute approximate surface area is 120 Å². The summed E-state index contributed by atoms with van der Waals surface area (Å²) in [5.74, 6) is -0.0806. The van der Waals surface area contributed by atoms with Gasteiger partial charge in [0.25, 0.3) is 0 Å². The van der Waals surface area contributed by atoms with E-state index in [4.69, 9.17) is 5.73 Å². The Hall–Kier alpha value is -1.65. The van der Waals surface area contributed by atoms with Crippen LogP contribution in [-0.4, -0.2) is 14.2 Å². The van der Waals surface area contributed by atoms with Crippen LogP contribution in [0.1, 0.15) is 22.7 Å². The Morgan fingerprint density at radius 3 is 2.10 bits per heavy atom. The molecule has 0 amide bonds. The van der Waals surface area contributed by atoms with Gasteiger partial charge in [0.1, 0.15) is 0 Å². The molecule has 0 aromatic heterocycles. The van der Waals surface area contributed by atoms with Crippen molar-refractivity contribution in [1.29, 1.82) is 0 Å². The van der Waals surface area contributed by atoms with Gasteiger partial charge in [-0.1, -0.05) is 42.5 Å².